The van der Waals surface area contributed by atoms with Crippen molar-refractivity contribution in [2.75, 3.05) is 6.61 Å². The van der Waals surface area contributed by atoms with Gasteiger partial charge in [0.1, 0.15) is 6.61 Å². The molecule has 5 heteroatoms. The lowest BCUT2D eigenvalue weighted by molar-refractivity contribution is -0.124. The Bertz CT molecular complexity index is 250. The Morgan fingerprint density at radius 1 is 1.37 bits per heavy atom. The van der Waals surface area contributed by atoms with Crippen LogP contribution in [0.2, 0.25) is 0 Å². The maximum absolute atomic E-state index is 12.7. The number of terminal acetylenes is 1. The van der Waals surface area contributed by atoms with Crippen molar-refractivity contribution in [3.63, 3.8) is 0 Å². The molecule has 0 bridgehead atoms. The molecule has 19 heavy (non-hydrogen) atoms. The molecule has 0 radical (unpaired) electrons. The molecule has 0 aliphatic rings. The molecular weight excluding hydrogens is 252 g/mol. The topological polar surface area (TPSA) is 52.3 Å². The number of hydrogen-bond acceptors (Lipinski definition) is 2. The van der Waals surface area contributed by atoms with Gasteiger partial charge in [-0.25, -0.2) is 0 Å². The first kappa shape index (κ1) is 23.0. The van der Waals surface area contributed by atoms with Crippen LogP contribution in [0.4, 0.5) is 8.78 Å². The second kappa shape index (κ2) is 14.9. The van der Waals surface area contributed by atoms with E-state index in [4.69, 9.17) is 10.5 Å². The number of primary amides is 1. The summed E-state index contributed by atoms with van der Waals surface area (Å²) in [6.45, 7) is 9.53. The lowest BCUT2D eigenvalue weighted by atomic mass is 10.1. The van der Waals surface area contributed by atoms with Crippen LogP contribution in [0.25, 0.3) is 0 Å². The number of alkyl halides is 2. The minimum Gasteiger partial charge on any atom is -0.368 e. The third kappa shape index (κ3) is 16.9. The molecular formula is C14H27F2NO2. The van der Waals surface area contributed by atoms with Crippen molar-refractivity contribution in [2.24, 2.45) is 5.73 Å². The summed E-state index contributed by atoms with van der Waals surface area (Å²) in [5.41, 5.74) is 4.86. The normalized spacial score (nSPS) is 11.1. The summed E-state index contributed by atoms with van der Waals surface area (Å²) in [4.78, 5) is 10.4. The van der Waals surface area contributed by atoms with E-state index in [-0.39, 0.29) is 13.0 Å². The van der Waals surface area contributed by atoms with E-state index in [0.717, 1.165) is 0 Å². The molecule has 0 spiro atoms. The Hall–Kier alpha value is -1.15. The van der Waals surface area contributed by atoms with Gasteiger partial charge in [-0.1, -0.05) is 34.6 Å². The van der Waals surface area contributed by atoms with Crippen LogP contribution in [0.15, 0.2) is 0 Å². The van der Waals surface area contributed by atoms with E-state index in [1.165, 1.54) is 5.92 Å². The average molecular weight is 279 g/mol. The first-order chi connectivity index (χ1) is 8.91. The highest BCUT2D eigenvalue weighted by Crippen LogP contribution is 2.21. The first-order valence-corrected chi connectivity index (χ1v) is 6.66. The average Bonchev–Trinajstić information content (AvgIpc) is 2.43. The standard InChI is InChI=1S/C10H15F2NO2.2C2H6/c1-3-8(15-7-9(13)14)5-6-10(11,12)4-2;2*1-2/h2,8H,3,5-7H2,1H3,(H2,13,14);2*1-2H3. The molecule has 0 saturated heterocycles. The van der Waals surface area contributed by atoms with E-state index in [0.29, 0.717) is 6.42 Å². The van der Waals surface area contributed by atoms with Crippen LogP contribution in [0.5, 0.6) is 0 Å². The van der Waals surface area contributed by atoms with Crippen molar-refractivity contribution in [2.45, 2.75) is 65.9 Å². The smallest absolute Gasteiger partial charge is 0.307 e. The van der Waals surface area contributed by atoms with E-state index in [9.17, 15) is 13.6 Å². The molecule has 0 heterocycles. The van der Waals surface area contributed by atoms with Crippen LogP contribution in [0.3, 0.4) is 0 Å². The third-order valence-electron chi connectivity index (χ3n) is 1.91. The van der Waals surface area contributed by atoms with Gasteiger partial charge >= 0.3 is 5.92 Å². The van der Waals surface area contributed by atoms with Gasteiger partial charge in [0, 0.05) is 6.42 Å². The molecule has 1 amide bonds. The minimum absolute atomic E-state index is 0.112. The Labute approximate surface area is 115 Å². The van der Waals surface area contributed by atoms with Crippen molar-refractivity contribution >= 4 is 5.91 Å². The zero-order valence-corrected chi connectivity index (χ0v) is 12.6. The Morgan fingerprint density at radius 2 is 1.84 bits per heavy atom. The highest BCUT2D eigenvalue weighted by atomic mass is 19.3. The highest BCUT2D eigenvalue weighted by Gasteiger charge is 2.26. The molecule has 1 unspecified atom stereocenters. The molecule has 0 saturated carbocycles. The number of nitrogens with two attached hydrogens (primary N) is 1. The van der Waals surface area contributed by atoms with Gasteiger partial charge in [-0.15, -0.1) is 6.42 Å². The second-order valence-electron chi connectivity index (χ2n) is 3.20. The molecule has 0 aromatic rings. The van der Waals surface area contributed by atoms with E-state index >= 15 is 0 Å². The lowest BCUT2D eigenvalue weighted by Crippen LogP contribution is -2.25. The monoisotopic (exact) mass is 279 g/mol. The molecule has 1 atom stereocenters. The number of carbonyl (C=O) groups is 1. The summed E-state index contributed by atoms with van der Waals surface area (Å²) in [5.74, 6) is -2.32. The Balaban J connectivity index is -0.000000579. The highest BCUT2D eigenvalue weighted by molar-refractivity contribution is 5.74. The van der Waals surface area contributed by atoms with Crippen molar-refractivity contribution in [3.05, 3.63) is 0 Å². The van der Waals surface area contributed by atoms with E-state index in [2.05, 4.69) is 6.42 Å². The molecule has 0 aromatic carbocycles. The molecule has 2 N–H and O–H groups in total. The molecule has 0 aliphatic heterocycles. The van der Waals surface area contributed by atoms with Crippen LogP contribution < -0.4 is 5.73 Å². The number of carbonyl (C=O) groups excluding carboxylic acids is 1. The molecule has 0 rings (SSSR count). The fourth-order valence-electron chi connectivity index (χ4n) is 1.02. The van der Waals surface area contributed by atoms with Gasteiger partial charge in [0.15, 0.2) is 0 Å². The maximum Gasteiger partial charge on any atom is 0.307 e. The summed E-state index contributed by atoms with van der Waals surface area (Å²) in [6.07, 6.45) is 4.44. The molecule has 0 fully saturated rings. The largest absolute Gasteiger partial charge is 0.368 e. The van der Waals surface area contributed by atoms with Crippen LogP contribution in [-0.2, 0) is 9.53 Å². The molecule has 0 aliphatic carbocycles. The lowest BCUT2D eigenvalue weighted by Gasteiger charge is -2.17. The van der Waals surface area contributed by atoms with Gasteiger partial charge in [-0.3, -0.25) is 4.79 Å². The van der Waals surface area contributed by atoms with Gasteiger partial charge in [0.2, 0.25) is 5.91 Å². The minimum atomic E-state index is -3.11. The van der Waals surface area contributed by atoms with Gasteiger partial charge < -0.3 is 10.5 Å². The third-order valence-corrected chi connectivity index (χ3v) is 1.91. The number of halogens is 2. The van der Waals surface area contributed by atoms with E-state index in [1.54, 1.807) is 6.92 Å². The Morgan fingerprint density at radius 3 is 2.16 bits per heavy atom. The fraction of sp³-hybridized carbons (Fsp3) is 0.786. The zero-order valence-electron chi connectivity index (χ0n) is 12.6. The number of hydrogen-bond donors (Lipinski definition) is 1. The molecule has 0 aromatic heterocycles. The summed E-state index contributed by atoms with van der Waals surface area (Å²) >= 11 is 0. The summed E-state index contributed by atoms with van der Waals surface area (Å²) in [5, 5.41) is 0. The van der Waals surface area contributed by atoms with Gasteiger partial charge in [0.05, 0.1) is 6.10 Å². The van der Waals surface area contributed by atoms with Gasteiger partial charge in [-0.05, 0) is 18.8 Å². The fourth-order valence-corrected chi connectivity index (χ4v) is 1.02. The van der Waals surface area contributed by atoms with Crippen molar-refractivity contribution < 1.29 is 18.3 Å². The predicted molar refractivity (Wildman–Crippen MR) is 74.9 cm³/mol. The van der Waals surface area contributed by atoms with Gasteiger partial charge in [-0.2, -0.15) is 8.78 Å². The first-order valence-electron chi connectivity index (χ1n) is 6.66. The summed E-state index contributed by atoms with van der Waals surface area (Å²) in [7, 11) is 0. The Kier molecular flexibility index (Phi) is 18.0. The van der Waals surface area contributed by atoms with Crippen LogP contribution in [0, 0.1) is 12.3 Å². The number of rotatable bonds is 7. The van der Waals surface area contributed by atoms with E-state index in [1.807, 2.05) is 27.7 Å². The van der Waals surface area contributed by atoms with Crippen LogP contribution >= 0.6 is 0 Å². The van der Waals surface area contributed by atoms with Crippen molar-refractivity contribution in [3.8, 4) is 12.3 Å². The second-order valence-corrected chi connectivity index (χ2v) is 3.20. The number of amides is 1. The molecule has 3 nitrogen and oxygen atoms in total. The van der Waals surface area contributed by atoms with Gasteiger partial charge in [0.25, 0.3) is 0 Å². The van der Waals surface area contributed by atoms with Crippen molar-refractivity contribution in [1.29, 1.82) is 0 Å². The zero-order chi connectivity index (χ0) is 15.9. The molecule has 114 valence electrons. The quantitative estimate of drug-likeness (QED) is 0.726. The predicted octanol–water partition coefficient (Wildman–Crippen LogP) is 3.37. The summed E-state index contributed by atoms with van der Waals surface area (Å²) < 4.78 is 30.3. The summed E-state index contributed by atoms with van der Waals surface area (Å²) in [6, 6.07) is 0. The van der Waals surface area contributed by atoms with Crippen LogP contribution in [-0.4, -0.2) is 24.5 Å². The van der Waals surface area contributed by atoms with Crippen molar-refractivity contribution in [1.82, 2.24) is 0 Å². The van der Waals surface area contributed by atoms with E-state index < -0.39 is 24.4 Å². The van der Waals surface area contributed by atoms with Crippen LogP contribution in [0.1, 0.15) is 53.9 Å². The number of ether oxygens (including phenoxy) is 1. The SMILES string of the molecule is C#CC(F)(F)CCC(CC)OCC(N)=O.CC.CC. The maximum atomic E-state index is 12.7.